The van der Waals surface area contributed by atoms with E-state index in [9.17, 15) is 0 Å². The molecule has 0 spiro atoms. The largest absolute Gasteiger partial charge is 0.208 e. The highest BCUT2D eigenvalue weighted by Crippen LogP contribution is 2.43. The van der Waals surface area contributed by atoms with E-state index in [4.69, 9.17) is 15.0 Å². The molecular weight excluding hydrogens is 719 g/mol. The Bertz CT molecular complexity index is 3250. The van der Waals surface area contributed by atoms with Crippen LogP contribution in [0.15, 0.2) is 188 Å². The van der Waals surface area contributed by atoms with E-state index in [0.29, 0.717) is 17.5 Å². The van der Waals surface area contributed by atoms with Crippen molar-refractivity contribution in [3.8, 4) is 67.5 Å². The second-order valence-electron chi connectivity index (χ2n) is 13.9. The molecule has 0 amide bonds. The fourth-order valence-corrected chi connectivity index (χ4v) is 10.4. The van der Waals surface area contributed by atoms with Crippen molar-refractivity contribution in [3.63, 3.8) is 0 Å². The third-order valence-corrected chi connectivity index (χ3v) is 13.1. The van der Waals surface area contributed by atoms with Crippen LogP contribution in [0, 0.1) is 0 Å². The van der Waals surface area contributed by atoms with Crippen LogP contribution in [0.1, 0.15) is 0 Å². The van der Waals surface area contributed by atoms with Crippen LogP contribution in [-0.4, -0.2) is 15.0 Å². The molecule has 0 aliphatic rings. The van der Waals surface area contributed by atoms with E-state index >= 15 is 0 Å². The standard InChI is InChI=1S/C51H31N3S2/c1-2-14-32(15-3-1)35-16-4-6-20-42(35)49-52-50(54-51(53-49)44-25-13-24-41-39-19-9-11-27-46(39)56-48(41)44)43-21-7-5-17-36(43)33-28-30-34(31-29-33)37-22-12-23-40-38-18-8-10-26-45(38)55-47(37)40/h1-31H. The summed E-state index contributed by atoms with van der Waals surface area (Å²) in [6.45, 7) is 0. The Morgan fingerprint density at radius 3 is 1.16 bits per heavy atom. The second kappa shape index (κ2) is 13.5. The summed E-state index contributed by atoms with van der Waals surface area (Å²) in [6, 6.07) is 66.7. The molecule has 3 aromatic heterocycles. The maximum atomic E-state index is 5.31. The highest BCUT2D eigenvalue weighted by molar-refractivity contribution is 7.26. The van der Waals surface area contributed by atoms with Gasteiger partial charge in [0.2, 0.25) is 0 Å². The summed E-state index contributed by atoms with van der Waals surface area (Å²) in [5, 5.41) is 5.07. The topological polar surface area (TPSA) is 38.7 Å². The van der Waals surface area contributed by atoms with Crippen LogP contribution in [0.3, 0.4) is 0 Å². The number of nitrogens with zero attached hydrogens (tertiary/aromatic N) is 3. The minimum Gasteiger partial charge on any atom is -0.208 e. The Labute approximate surface area is 331 Å². The van der Waals surface area contributed by atoms with Gasteiger partial charge in [0.25, 0.3) is 0 Å². The van der Waals surface area contributed by atoms with Crippen LogP contribution < -0.4 is 0 Å². The Kier molecular flexibility index (Phi) is 7.87. The third-order valence-electron chi connectivity index (χ3n) is 10.6. The lowest BCUT2D eigenvalue weighted by atomic mass is 9.96. The quantitative estimate of drug-likeness (QED) is 0.170. The molecule has 0 atom stereocenters. The Morgan fingerprint density at radius 1 is 0.250 bits per heavy atom. The molecule has 0 aliphatic heterocycles. The van der Waals surface area contributed by atoms with E-state index < -0.39 is 0 Å². The lowest BCUT2D eigenvalue weighted by molar-refractivity contribution is 1.08. The van der Waals surface area contributed by atoms with Crippen LogP contribution in [-0.2, 0) is 0 Å². The van der Waals surface area contributed by atoms with E-state index in [2.05, 4.69) is 182 Å². The van der Waals surface area contributed by atoms with Crippen molar-refractivity contribution in [1.82, 2.24) is 15.0 Å². The number of benzene rings is 8. The zero-order chi connectivity index (χ0) is 37.0. The highest BCUT2D eigenvalue weighted by atomic mass is 32.1. The number of thiophene rings is 2. The first-order valence-electron chi connectivity index (χ1n) is 18.7. The van der Waals surface area contributed by atoms with Crippen molar-refractivity contribution in [2.45, 2.75) is 0 Å². The summed E-state index contributed by atoms with van der Waals surface area (Å²) >= 11 is 3.65. The van der Waals surface area contributed by atoms with Gasteiger partial charge in [0.05, 0.1) is 0 Å². The maximum absolute atomic E-state index is 5.31. The molecule has 0 bridgehead atoms. The number of hydrogen-bond acceptors (Lipinski definition) is 5. The van der Waals surface area contributed by atoms with Crippen molar-refractivity contribution in [1.29, 1.82) is 0 Å². The smallest absolute Gasteiger partial charge is 0.165 e. The van der Waals surface area contributed by atoms with Gasteiger partial charge >= 0.3 is 0 Å². The molecule has 56 heavy (non-hydrogen) atoms. The van der Waals surface area contributed by atoms with Crippen molar-refractivity contribution >= 4 is 63.0 Å². The van der Waals surface area contributed by atoms with Crippen LogP contribution in [0.5, 0.6) is 0 Å². The average molecular weight is 750 g/mol. The first-order chi connectivity index (χ1) is 27.8. The summed E-state index contributed by atoms with van der Waals surface area (Å²) < 4.78 is 5.05. The normalized spacial score (nSPS) is 11.6. The fraction of sp³-hybridized carbons (Fsp3) is 0. The SMILES string of the molecule is c1ccc(-c2ccccc2-c2nc(-c3ccccc3-c3ccc(-c4cccc5c4sc4ccccc45)cc3)nc(-c3cccc4c3sc3ccccc34)n2)cc1. The molecule has 0 fully saturated rings. The van der Waals surface area contributed by atoms with Gasteiger partial charge in [-0.05, 0) is 51.6 Å². The zero-order valence-corrected chi connectivity index (χ0v) is 31.7. The number of aromatic nitrogens is 3. The third kappa shape index (κ3) is 5.51. The van der Waals surface area contributed by atoms with Crippen LogP contribution in [0.25, 0.3) is 108 Å². The van der Waals surface area contributed by atoms with Gasteiger partial charge in [-0.1, -0.05) is 170 Å². The molecule has 11 rings (SSSR count). The number of hydrogen-bond donors (Lipinski definition) is 0. The maximum Gasteiger partial charge on any atom is 0.165 e. The molecule has 0 N–H and O–H groups in total. The van der Waals surface area contributed by atoms with Gasteiger partial charge in [0.15, 0.2) is 17.5 Å². The van der Waals surface area contributed by atoms with E-state index in [1.54, 1.807) is 11.3 Å². The molecule has 0 saturated carbocycles. The Hall–Kier alpha value is -6.79. The molecule has 262 valence electrons. The minimum atomic E-state index is 0.640. The highest BCUT2D eigenvalue weighted by Gasteiger charge is 2.20. The van der Waals surface area contributed by atoms with Crippen molar-refractivity contribution in [2.24, 2.45) is 0 Å². The Balaban J connectivity index is 1.08. The van der Waals surface area contributed by atoms with Gasteiger partial charge in [0.1, 0.15) is 0 Å². The lowest BCUT2D eigenvalue weighted by Crippen LogP contribution is -2.02. The average Bonchev–Trinajstić information content (AvgIpc) is 3.85. The molecule has 0 unspecified atom stereocenters. The molecular formula is C51H31N3S2. The van der Waals surface area contributed by atoms with Gasteiger partial charge in [-0.15, -0.1) is 22.7 Å². The Morgan fingerprint density at radius 2 is 0.607 bits per heavy atom. The van der Waals surface area contributed by atoms with Crippen LogP contribution in [0.4, 0.5) is 0 Å². The van der Waals surface area contributed by atoms with E-state index in [1.807, 2.05) is 17.4 Å². The molecule has 3 heterocycles. The summed E-state index contributed by atoms with van der Waals surface area (Å²) in [4.78, 5) is 15.9. The van der Waals surface area contributed by atoms with Gasteiger partial charge in [-0.2, -0.15) is 0 Å². The molecule has 0 radical (unpaired) electrons. The molecule has 0 aliphatic carbocycles. The number of rotatable bonds is 6. The summed E-state index contributed by atoms with van der Waals surface area (Å²) in [5.74, 6) is 1.94. The number of fused-ring (bicyclic) bond motifs is 6. The molecule has 11 aromatic rings. The molecule has 0 saturated heterocycles. The van der Waals surface area contributed by atoms with Crippen LogP contribution in [0.2, 0.25) is 0 Å². The predicted molar refractivity (Wildman–Crippen MR) is 238 cm³/mol. The first-order valence-corrected chi connectivity index (χ1v) is 20.3. The van der Waals surface area contributed by atoms with Gasteiger partial charge < -0.3 is 0 Å². The summed E-state index contributed by atoms with van der Waals surface area (Å²) in [5.41, 5.74) is 9.74. The molecule has 8 aromatic carbocycles. The van der Waals surface area contributed by atoms with Crippen LogP contribution >= 0.6 is 22.7 Å². The van der Waals surface area contributed by atoms with Crippen molar-refractivity contribution < 1.29 is 0 Å². The summed E-state index contributed by atoms with van der Waals surface area (Å²) in [6.07, 6.45) is 0. The van der Waals surface area contributed by atoms with Crippen molar-refractivity contribution in [3.05, 3.63) is 188 Å². The van der Waals surface area contributed by atoms with Gasteiger partial charge in [-0.25, -0.2) is 15.0 Å². The summed E-state index contributed by atoms with van der Waals surface area (Å²) in [7, 11) is 0. The monoisotopic (exact) mass is 749 g/mol. The minimum absolute atomic E-state index is 0.640. The van der Waals surface area contributed by atoms with E-state index in [0.717, 1.165) is 38.9 Å². The molecule has 5 heteroatoms. The lowest BCUT2D eigenvalue weighted by Gasteiger charge is -2.14. The molecule has 3 nitrogen and oxygen atoms in total. The van der Waals surface area contributed by atoms with Crippen molar-refractivity contribution in [2.75, 3.05) is 0 Å². The van der Waals surface area contributed by atoms with Gasteiger partial charge in [0, 0.05) is 57.0 Å². The first kappa shape index (κ1) is 32.6. The van der Waals surface area contributed by atoms with Gasteiger partial charge in [-0.3, -0.25) is 0 Å². The zero-order valence-electron chi connectivity index (χ0n) is 30.1. The predicted octanol–water partition coefficient (Wildman–Crippen LogP) is 14.6. The second-order valence-corrected chi connectivity index (χ2v) is 16.0. The fourth-order valence-electron chi connectivity index (χ4n) is 7.94. The van der Waals surface area contributed by atoms with E-state index in [1.165, 1.54) is 51.5 Å². The van der Waals surface area contributed by atoms with E-state index in [-0.39, 0.29) is 0 Å².